The van der Waals surface area contributed by atoms with E-state index in [4.69, 9.17) is 9.40 Å². The Hall–Kier alpha value is -3.39. The molecule has 1 saturated heterocycles. The number of aromatic nitrogens is 2. The fourth-order valence-electron chi connectivity index (χ4n) is 4.95. The number of hydrogen-bond acceptors (Lipinski definition) is 7. The van der Waals surface area contributed by atoms with Crippen molar-refractivity contribution in [3.63, 3.8) is 0 Å². The number of furan rings is 1. The minimum Gasteiger partial charge on any atom is -0.457 e. The Morgan fingerprint density at radius 1 is 1.11 bits per heavy atom. The third kappa shape index (κ3) is 5.09. The molecule has 3 aromatic rings. The molecule has 0 radical (unpaired) electrons. The smallest absolute Gasteiger partial charge is 0.227 e. The molecule has 2 aromatic heterocycles. The van der Waals surface area contributed by atoms with Gasteiger partial charge in [-0.05, 0) is 61.3 Å². The van der Waals surface area contributed by atoms with Crippen LogP contribution in [0.25, 0.3) is 11.5 Å². The van der Waals surface area contributed by atoms with E-state index < -0.39 is 0 Å². The van der Waals surface area contributed by atoms with Crippen molar-refractivity contribution in [1.29, 1.82) is 0 Å². The molecule has 8 heteroatoms. The number of benzene rings is 1. The van der Waals surface area contributed by atoms with Crippen molar-refractivity contribution >= 4 is 23.2 Å². The van der Waals surface area contributed by atoms with Crippen LogP contribution in [0.15, 0.2) is 40.9 Å². The van der Waals surface area contributed by atoms with Crippen molar-refractivity contribution in [3.8, 4) is 11.5 Å². The van der Waals surface area contributed by atoms with Gasteiger partial charge in [0.25, 0.3) is 0 Å². The number of carbonyl (C=O) groups is 1. The maximum atomic E-state index is 12.4. The van der Waals surface area contributed by atoms with Crippen molar-refractivity contribution in [2.45, 2.75) is 40.7 Å². The highest BCUT2D eigenvalue weighted by Crippen LogP contribution is 2.31. The van der Waals surface area contributed by atoms with Gasteiger partial charge in [-0.25, -0.2) is 9.97 Å². The maximum absolute atomic E-state index is 12.4. The first-order chi connectivity index (χ1) is 17.4. The number of likely N-dealkylation sites (N-methyl/N-ethyl adjacent to an activating group) is 1. The van der Waals surface area contributed by atoms with E-state index >= 15 is 0 Å². The molecule has 0 unspecified atom stereocenters. The number of amides is 1. The van der Waals surface area contributed by atoms with Gasteiger partial charge in [-0.2, -0.15) is 0 Å². The average molecular weight is 489 g/mol. The second-order valence-electron chi connectivity index (χ2n) is 10.0. The van der Waals surface area contributed by atoms with Crippen LogP contribution in [0.1, 0.15) is 37.7 Å². The first kappa shape index (κ1) is 24.3. The van der Waals surface area contributed by atoms with Crippen molar-refractivity contribution in [1.82, 2.24) is 19.8 Å². The van der Waals surface area contributed by atoms with Crippen molar-refractivity contribution in [2.75, 3.05) is 49.5 Å². The van der Waals surface area contributed by atoms with E-state index in [2.05, 4.69) is 57.4 Å². The lowest BCUT2D eigenvalue weighted by Crippen LogP contribution is -2.46. The molecule has 1 amide bonds. The van der Waals surface area contributed by atoms with Crippen molar-refractivity contribution in [2.24, 2.45) is 5.92 Å². The summed E-state index contributed by atoms with van der Waals surface area (Å²) in [6.07, 6.45) is 2.62. The van der Waals surface area contributed by atoms with E-state index in [-0.39, 0.29) is 11.8 Å². The van der Waals surface area contributed by atoms with E-state index in [0.717, 1.165) is 79.7 Å². The monoisotopic (exact) mass is 488 g/mol. The molecule has 5 rings (SSSR count). The van der Waals surface area contributed by atoms with Crippen LogP contribution >= 0.6 is 0 Å². The Morgan fingerprint density at radius 3 is 2.56 bits per heavy atom. The van der Waals surface area contributed by atoms with Gasteiger partial charge in [0.05, 0.1) is 6.54 Å². The number of carbonyl (C=O) groups excluding carboxylic acids is 1. The summed E-state index contributed by atoms with van der Waals surface area (Å²) in [5, 5.41) is 3.34. The molecule has 0 bridgehead atoms. The highest BCUT2D eigenvalue weighted by atomic mass is 16.3. The molecule has 1 N–H and O–H groups in total. The van der Waals surface area contributed by atoms with Gasteiger partial charge >= 0.3 is 0 Å². The van der Waals surface area contributed by atoms with Gasteiger partial charge < -0.3 is 24.4 Å². The Labute approximate surface area is 213 Å². The first-order valence-corrected chi connectivity index (χ1v) is 13.0. The van der Waals surface area contributed by atoms with E-state index in [1.165, 1.54) is 5.69 Å². The lowest BCUT2D eigenvalue weighted by molar-refractivity contribution is -0.135. The Bertz CT molecular complexity index is 1210. The van der Waals surface area contributed by atoms with E-state index in [1.54, 1.807) is 0 Å². The molecule has 8 nitrogen and oxygen atoms in total. The Kier molecular flexibility index (Phi) is 6.96. The van der Waals surface area contributed by atoms with Crippen LogP contribution in [0.2, 0.25) is 0 Å². The van der Waals surface area contributed by atoms with Crippen molar-refractivity contribution in [3.05, 3.63) is 53.4 Å². The molecule has 36 heavy (non-hydrogen) atoms. The lowest BCUT2D eigenvalue weighted by atomic mass is 10.1. The van der Waals surface area contributed by atoms with Gasteiger partial charge in [0, 0.05) is 56.2 Å². The molecule has 2 aliphatic heterocycles. The third-order valence-electron chi connectivity index (χ3n) is 7.20. The Balaban J connectivity index is 1.29. The zero-order valence-electron chi connectivity index (χ0n) is 21.8. The predicted octanol–water partition coefficient (Wildman–Crippen LogP) is 4.47. The van der Waals surface area contributed by atoms with Crippen LogP contribution in [0.4, 0.5) is 17.3 Å². The van der Waals surface area contributed by atoms with Gasteiger partial charge in [0.1, 0.15) is 11.5 Å². The molecular formula is C28H36N6O2. The van der Waals surface area contributed by atoms with Crippen molar-refractivity contribution < 1.29 is 9.21 Å². The number of hydrogen-bond donors (Lipinski definition) is 1. The predicted molar refractivity (Wildman–Crippen MR) is 142 cm³/mol. The van der Waals surface area contributed by atoms with Gasteiger partial charge in [-0.1, -0.05) is 20.8 Å². The molecule has 2 aliphatic rings. The van der Waals surface area contributed by atoms with Crippen LogP contribution in [-0.4, -0.2) is 64.9 Å². The molecule has 0 aliphatic carbocycles. The van der Waals surface area contributed by atoms with Crippen LogP contribution in [-0.2, 0) is 17.8 Å². The Morgan fingerprint density at radius 2 is 1.86 bits per heavy atom. The fourth-order valence-corrected chi connectivity index (χ4v) is 4.95. The molecule has 0 saturated carbocycles. The van der Waals surface area contributed by atoms with Crippen LogP contribution in [0.3, 0.4) is 0 Å². The number of aryl methyl sites for hydroxylation is 1. The summed E-state index contributed by atoms with van der Waals surface area (Å²) in [6.45, 7) is 14.8. The molecule has 1 fully saturated rings. The minimum absolute atomic E-state index is 0.0148. The average Bonchev–Trinajstić information content (AvgIpc) is 3.33. The maximum Gasteiger partial charge on any atom is 0.227 e. The largest absolute Gasteiger partial charge is 0.457 e. The number of anilines is 3. The summed E-state index contributed by atoms with van der Waals surface area (Å²) in [5.74, 6) is 2.26. The van der Waals surface area contributed by atoms with E-state index in [0.29, 0.717) is 12.5 Å². The minimum atomic E-state index is -0.0148. The number of nitrogens with one attached hydrogen (secondary N) is 1. The van der Waals surface area contributed by atoms with Gasteiger partial charge in [-0.15, -0.1) is 0 Å². The summed E-state index contributed by atoms with van der Waals surface area (Å²) in [4.78, 5) is 28.5. The normalized spacial score (nSPS) is 16.4. The SMILES string of the molecule is CCN1CCN(c2ccc(Nc3ncc(C)c(-c4cc5c(o4)CN(C(=O)C(C)C)CC5)n3)cc2)CC1. The van der Waals surface area contributed by atoms with Gasteiger partial charge in [0.2, 0.25) is 11.9 Å². The van der Waals surface area contributed by atoms with Gasteiger partial charge in [-0.3, -0.25) is 4.79 Å². The molecular weight excluding hydrogens is 452 g/mol. The topological polar surface area (TPSA) is 77.7 Å². The molecule has 190 valence electrons. The molecule has 1 aromatic carbocycles. The second-order valence-corrected chi connectivity index (χ2v) is 10.0. The summed E-state index contributed by atoms with van der Waals surface area (Å²) in [7, 11) is 0. The summed E-state index contributed by atoms with van der Waals surface area (Å²) in [5.41, 5.74) is 5.06. The summed E-state index contributed by atoms with van der Waals surface area (Å²) >= 11 is 0. The highest BCUT2D eigenvalue weighted by Gasteiger charge is 2.26. The summed E-state index contributed by atoms with van der Waals surface area (Å²) in [6, 6.07) is 10.5. The lowest BCUT2D eigenvalue weighted by Gasteiger charge is -2.35. The van der Waals surface area contributed by atoms with Crippen LogP contribution in [0, 0.1) is 12.8 Å². The molecule has 4 heterocycles. The van der Waals surface area contributed by atoms with E-state index in [9.17, 15) is 4.79 Å². The number of rotatable bonds is 6. The summed E-state index contributed by atoms with van der Waals surface area (Å²) < 4.78 is 6.22. The first-order valence-electron chi connectivity index (χ1n) is 13.0. The molecule has 0 spiro atoms. The van der Waals surface area contributed by atoms with E-state index in [1.807, 2.05) is 31.9 Å². The quantitative estimate of drug-likeness (QED) is 0.548. The fraction of sp³-hybridized carbons (Fsp3) is 0.464. The second kappa shape index (κ2) is 10.3. The van der Waals surface area contributed by atoms with Crippen LogP contribution < -0.4 is 10.2 Å². The molecule has 0 atom stereocenters. The van der Waals surface area contributed by atoms with Gasteiger partial charge in [0.15, 0.2) is 5.76 Å². The van der Waals surface area contributed by atoms with Crippen LogP contribution in [0.5, 0.6) is 0 Å². The highest BCUT2D eigenvalue weighted by molar-refractivity contribution is 5.78. The zero-order valence-corrected chi connectivity index (χ0v) is 21.8. The number of fused-ring (bicyclic) bond motifs is 1. The standard InChI is InChI=1S/C28H36N6O2/c1-5-32-12-14-33(15-13-32)23-8-6-22(7-9-23)30-28-29-17-20(4)26(31-28)24-16-21-10-11-34(18-25(21)36-24)27(35)19(2)3/h6-9,16-17,19H,5,10-15,18H2,1-4H3,(H,29,30,31). The third-order valence-corrected chi connectivity index (χ3v) is 7.20. The number of nitrogens with zero attached hydrogens (tertiary/aromatic N) is 5. The number of piperazine rings is 1. The zero-order chi connectivity index (χ0) is 25.2.